The van der Waals surface area contributed by atoms with Crippen molar-refractivity contribution in [2.24, 2.45) is 0 Å². The van der Waals surface area contributed by atoms with Crippen molar-refractivity contribution < 1.29 is 19.1 Å². The van der Waals surface area contributed by atoms with E-state index in [9.17, 15) is 9.59 Å². The number of benzene rings is 2. The van der Waals surface area contributed by atoms with Crippen LogP contribution in [0.4, 0.5) is 0 Å². The number of aromatic nitrogens is 1. The molecule has 0 saturated heterocycles. The molecule has 1 saturated carbocycles. The van der Waals surface area contributed by atoms with Crippen LogP contribution in [0.25, 0.3) is 0 Å². The third-order valence-corrected chi connectivity index (χ3v) is 6.93. The predicted octanol–water partition coefficient (Wildman–Crippen LogP) is 4.95. The maximum atomic E-state index is 13.9. The molecule has 7 heteroatoms. The zero-order valence-corrected chi connectivity index (χ0v) is 20.5. The molecule has 1 N–H and O–H groups in total. The first-order valence-electron chi connectivity index (χ1n) is 12.6. The van der Waals surface area contributed by atoms with Gasteiger partial charge in [-0.2, -0.15) is 0 Å². The van der Waals surface area contributed by atoms with Crippen LogP contribution in [0.3, 0.4) is 0 Å². The minimum atomic E-state index is -0.812. The molecule has 5 rings (SSSR count). The second kappa shape index (κ2) is 10.8. The van der Waals surface area contributed by atoms with Crippen molar-refractivity contribution in [2.45, 2.75) is 57.7 Å². The molecule has 1 fully saturated rings. The Morgan fingerprint density at radius 1 is 1.00 bits per heavy atom. The van der Waals surface area contributed by atoms with Crippen LogP contribution in [0.1, 0.15) is 65.3 Å². The van der Waals surface area contributed by atoms with Gasteiger partial charge in [0.1, 0.15) is 11.7 Å². The first kappa shape index (κ1) is 23.9. The SMILES string of the molecule is Cc1ccccc1[C@H](C(=O)NC1CCCCC1)N(Cc1ccc2c(c1)OCO2)C(=O)c1ccccn1. The monoisotopic (exact) mass is 485 g/mol. The molecule has 36 heavy (non-hydrogen) atoms. The molecule has 7 nitrogen and oxygen atoms in total. The standard InChI is InChI=1S/C29H31N3O4/c1-20-9-5-6-12-23(20)27(28(33)31-22-10-3-2-4-11-22)32(29(34)24-13-7-8-16-30-24)18-21-14-15-25-26(17-21)36-19-35-25/h5-9,12-17,22,27H,2-4,10-11,18-19H2,1H3,(H,31,33)/t27-/m1/s1. The van der Waals surface area contributed by atoms with Crippen molar-refractivity contribution in [3.05, 3.63) is 89.2 Å². The Morgan fingerprint density at radius 2 is 1.78 bits per heavy atom. The number of nitrogens with zero attached hydrogens (tertiary/aromatic N) is 2. The molecule has 0 radical (unpaired) electrons. The maximum Gasteiger partial charge on any atom is 0.273 e. The van der Waals surface area contributed by atoms with Crippen molar-refractivity contribution in [1.29, 1.82) is 0 Å². The van der Waals surface area contributed by atoms with E-state index in [1.54, 1.807) is 29.3 Å². The van der Waals surface area contributed by atoms with Crippen LogP contribution in [0.2, 0.25) is 0 Å². The maximum absolute atomic E-state index is 13.9. The molecule has 0 spiro atoms. The molecule has 2 aliphatic rings. The molecular formula is C29H31N3O4. The number of nitrogens with one attached hydrogen (secondary N) is 1. The normalized spacial score (nSPS) is 15.8. The van der Waals surface area contributed by atoms with E-state index in [-0.39, 0.29) is 31.2 Å². The number of amides is 2. The van der Waals surface area contributed by atoms with Crippen molar-refractivity contribution >= 4 is 11.8 Å². The van der Waals surface area contributed by atoms with Crippen LogP contribution in [-0.2, 0) is 11.3 Å². The van der Waals surface area contributed by atoms with Gasteiger partial charge in [-0.15, -0.1) is 0 Å². The largest absolute Gasteiger partial charge is 0.454 e. The van der Waals surface area contributed by atoms with Crippen LogP contribution < -0.4 is 14.8 Å². The van der Waals surface area contributed by atoms with E-state index >= 15 is 0 Å². The fourth-order valence-electron chi connectivity index (χ4n) is 5.02. The average molecular weight is 486 g/mol. The minimum absolute atomic E-state index is 0.120. The van der Waals surface area contributed by atoms with Crippen LogP contribution in [0, 0.1) is 6.92 Å². The van der Waals surface area contributed by atoms with E-state index in [4.69, 9.17) is 9.47 Å². The Morgan fingerprint density at radius 3 is 2.56 bits per heavy atom. The van der Waals surface area contributed by atoms with Gasteiger partial charge in [-0.3, -0.25) is 14.6 Å². The summed E-state index contributed by atoms with van der Waals surface area (Å²) in [5.74, 6) is 0.838. The number of carbonyl (C=O) groups excluding carboxylic acids is 2. The van der Waals surface area contributed by atoms with Gasteiger partial charge in [0.05, 0.1) is 0 Å². The van der Waals surface area contributed by atoms with E-state index < -0.39 is 6.04 Å². The molecule has 1 aliphatic heterocycles. The van der Waals surface area contributed by atoms with E-state index in [0.29, 0.717) is 17.2 Å². The van der Waals surface area contributed by atoms with Gasteiger partial charge in [-0.1, -0.05) is 55.7 Å². The van der Waals surface area contributed by atoms with E-state index in [2.05, 4.69) is 10.3 Å². The summed E-state index contributed by atoms with van der Waals surface area (Å²) in [5, 5.41) is 3.26. The van der Waals surface area contributed by atoms with Gasteiger partial charge in [-0.25, -0.2) is 0 Å². The molecule has 186 valence electrons. The lowest BCUT2D eigenvalue weighted by Gasteiger charge is -2.34. The summed E-state index contributed by atoms with van der Waals surface area (Å²) >= 11 is 0. The van der Waals surface area contributed by atoms with Crippen molar-refractivity contribution in [3.8, 4) is 11.5 Å². The van der Waals surface area contributed by atoms with Gasteiger partial charge in [0.25, 0.3) is 5.91 Å². The quantitative estimate of drug-likeness (QED) is 0.512. The summed E-state index contributed by atoms with van der Waals surface area (Å²) in [6.07, 6.45) is 6.92. The summed E-state index contributed by atoms with van der Waals surface area (Å²) < 4.78 is 11.0. The van der Waals surface area contributed by atoms with Gasteiger partial charge in [0.2, 0.25) is 12.7 Å². The molecule has 0 bridgehead atoms. The van der Waals surface area contributed by atoms with Crippen LogP contribution >= 0.6 is 0 Å². The summed E-state index contributed by atoms with van der Waals surface area (Å²) in [5.41, 5.74) is 2.89. The number of hydrogen-bond acceptors (Lipinski definition) is 5. The van der Waals surface area contributed by atoms with Crippen LogP contribution in [0.5, 0.6) is 11.5 Å². The second-order valence-corrected chi connectivity index (χ2v) is 9.44. The average Bonchev–Trinajstić information content (AvgIpc) is 3.38. The van der Waals surface area contributed by atoms with Crippen molar-refractivity contribution in [1.82, 2.24) is 15.2 Å². The minimum Gasteiger partial charge on any atom is -0.454 e. The van der Waals surface area contributed by atoms with E-state index in [0.717, 1.165) is 42.4 Å². The molecule has 1 aliphatic carbocycles. The number of aryl methyl sites for hydroxylation is 1. The lowest BCUT2D eigenvalue weighted by Crippen LogP contribution is -2.47. The highest BCUT2D eigenvalue weighted by Gasteiger charge is 2.35. The molecule has 2 amide bonds. The first-order chi connectivity index (χ1) is 17.6. The van der Waals surface area contributed by atoms with Gasteiger partial charge in [0.15, 0.2) is 11.5 Å². The van der Waals surface area contributed by atoms with Crippen LogP contribution in [-0.4, -0.2) is 34.5 Å². The van der Waals surface area contributed by atoms with Gasteiger partial charge >= 0.3 is 0 Å². The Kier molecular flexibility index (Phi) is 7.16. The molecule has 1 atom stereocenters. The van der Waals surface area contributed by atoms with Gasteiger partial charge in [-0.05, 0) is 60.7 Å². The van der Waals surface area contributed by atoms with Gasteiger partial charge in [0, 0.05) is 18.8 Å². The molecule has 1 aromatic heterocycles. The Bertz CT molecular complexity index is 1220. The lowest BCUT2D eigenvalue weighted by molar-refractivity contribution is -0.127. The Balaban J connectivity index is 1.55. The second-order valence-electron chi connectivity index (χ2n) is 9.44. The summed E-state index contributed by atoms with van der Waals surface area (Å²) in [6, 6.07) is 17.9. The fourth-order valence-corrected chi connectivity index (χ4v) is 5.02. The van der Waals surface area contributed by atoms with Gasteiger partial charge < -0.3 is 19.7 Å². The highest BCUT2D eigenvalue weighted by atomic mass is 16.7. The molecular weight excluding hydrogens is 454 g/mol. The third-order valence-electron chi connectivity index (χ3n) is 6.93. The van der Waals surface area contributed by atoms with E-state index in [1.165, 1.54) is 6.42 Å². The zero-order chi connectivity index (χ0) is 24.9. The number of hydrogen-bond donors (Lipinski definition) is 1. The van der Waals surface area contributed by atoms with E-state index in [1.807, 2.05) is 49.4 Å². The molecule has 2 aromatic carbocycles. The number of carbonyl (C=O) groups is 2. The highest BCUT2D eigenvalue weighted by molar-refractivity contribution is 5.96. The Labute approximate surface area is 211 Å². The number of rotatable bonds is 7. The molecule has 3 aromatic rings. The summed E-state index contributed by atoms with van der Waals surface area (Å²) in [6.45, 7) is 2.36. The summed E-state index contributed by atoms with van der Waals surface area (Å²) in [7, 11) is 0. The van der Waals surface area contributed by atoms with Crippen molar-refractivity contribution in [2.75, 3.05) is 6.79 Å². The third kappa shape index (κ3) is 5.20. The van der Waals surface area contributed by atoms with Crippen molar-refractivity contribution in [3.63, 3.8) is 0 Å². The first-order valence-corrected chi connectivity index (χ1v) is 12.6. The predicted molar refractivity (Wildman–Crippen MR) is 136 cm³/mol. The fraction of sp³-hybridized carbons (Fsp3) is 0.345. The van der Waals surface area contributed by atoms with Crippen LogP contribution in [0.15, 0.2) is 66.9 Å². The summed E-state index contributed by atoms with van der Waals surface area (Å²) in [4.78, 5) is 33.8. The molecule has 2 heterocycles. The number of ether oxygens (including phenoxy) is 2. The molecule has 0 unspecified atom stereocenters. The number of pyridine rings is 1. The smallest absolute Gasteiger partial charge is 0.273 e. The topological polar surface area (TPSA) is 80.8 Å². The zero-order valence-electron chi connectivity index (χ0n) is 20.5. The number of fused-ring (bicyclic) bond motifs is 1. The highest BCUT2D eigenvalue weighted by Crippen LogP contribution is 2.34. The lowest BCUT2D eigenvalue weighted by atomic mass is 9.93. The Hall–Kier alpha value is -3.87.